The lowest BCUT2D eigenvalue weighted by molar-refractivity contribution is -0.116. The molecule has 0 spiro atoms. The summed E-state index contributed by atoms with van der Waals surface area (Å²) in [5.74, 6) is -0.611. The normalized spacial score (nSPS) is 11.2. The molecular weight excluding hydrogens is 365 g/mol. The minimum Gasteiger partial charge on any atom is -0.348 e. The van der Waals surface area contributed by atoms with E-state index in [0.29, 0.717) is 12.1 Å². The Morgan fingerprint density at radius 1 is 0.966 bits per heavy atom. The minimum absolute atomic E-state index is 0.262. The van der Waals surface area contributed by atoms with Gasteiger partial charge in [-0.2, -0.15) is 0 Å². The van der Waals surface area contributed by atoms with Crippen LogP contribution < -0.4 is 5.32 Å². The third-order valence-electron chi connectivity index (χ3n) is 4.69. The largest absolute Gasteiger partial charge is 0.348 e. The SMILES string of the molecule is O=C(/C=C\c1ccccc1F)NCc1ccc(Cn2cnc3ccccc32)cc1. The Morgan fingerprint density at radius 3 is 2.52 bits per heavy atom. The van der Waals surface area contributed by atoms with Gasteiger partial charge in [-0.25, -0.2) is 9.37 Å². The number of amides is 1. The van der Waals surface area contributed by atoms with Crippen LogP contribution in [0, 0.1) is 5.82 Å². The Kier molecular flexibility index (Phi) is 5.47. The highest BCUT2D eigenvalue weighted by atomic mass is 19.1. The maximum atomic E-state index is 13.6. The van der Waals surface area contributed by atoms with E-state index in [4.69, 9.17) is 0 Å². The fourth-order valence-corrected chi connectivity index (χ4v) is 3.12. The van der Waals surface area contributed by atoms with Crippen LogP contribution in [0.25, 0.3) is 17.1 Å². The zero-order valence-corrected chi connectivity index (χ0v) is 15.8. The Bertz CT molecular complexity index is 1160. The average molecular weight is 385 g/mol. The molecule has 0 aliphatic rings. The standard InChI is InChI=1S/C24H20FN3O/c25-21-6-2-1-5-20(21)13-14-24(29)26-15-18-9-11-19(12-10-18)16-28-17-27-22-7-3-4-8-23(22)28/h1-14,17H,15-16H2,(H,26,29)/b14-13-. The van der Waals surface area contributed by atoms with E-state index in [2.05, 4.69) is 20.9 Å². The zero-order chi connectivity index (χ0) is 20.1. The van der Waals surface area contributed by atoms with Gasteiger partial charge in [0, 0.05) is 24.7 Å². The summed E-state index contributed by atoms with van der Waals surface area (Å²) in [4.78, 5) is 16.4. The molecule has 1 amide bonds. The molecule has 0 saturated heterocycles. The van der Waals surface area contributed by atoms with Crippen molar-refractivity contribution in [2.45, 2.75) is 13.1 Å². The van der Waals surface area contributed by atoms with Crippen molar-refractivity contribution in [1.29, 1.82) is 0 Å². The van der Waals surface area contributed by atoms with Crippen molar-refractivity contribution in [3.8, 4) is 0 Å². The summed E-state index contributed by atoms with van der Waals surface area (Å²) in [6, 6.07) is 22.5. The molecule has 4 rings (SSSR count). The number of rotatable bonds is 6. The Morgan fingerprint density at radius 2 is 1.69 bits per heavy atom. The molecule has 3 aromatic carbocycles. The van der Waals surface area contributed by atoms with E-state index >= 15 is 0 Å². The van der Waals surface area contributed by atoms with E-state index < -0.39 is 0 Å². The number of imidazole rings is 1. The number of nitrogens with zero attached hydrogens (tertiary/aromatic N) is 2. The lowest BCUT2D eigenvalue weighted by Crippen LogP contribution is -2.20. The molecule has 5 heteroatoms. The van der Waals surface area contributed by atoms with Crippen molar-refractivity contribution in [2.24, 2.45) is 0 Å². The van der Waals surface area contributed by atoms with Crippen molar-refractivity contribution < 1.29 is 9.18 Å². The van der Waals surface area contributed by atoms with Gasteiger partial charge in [-0.05, 0) is 35.4 Å². The molecule has 0 radical (unpaired) electrons. The number of fused-ring (bicyclic) bond motifs is 1. The van der Waals surface area contributed by atoms with E-state index in [1.807, 2.05) is 48.8 Å². The topological polar surface area (TPSA) is 46.9 Å². The Hall–Kier alpha value is -3.73. The number of carbonyl (C=O) groups is 1. The van der Waals surface area contributed by atoms with Gasteiger partial charge in [0.05, 0.1) is 17.4 Å². The van der Waals surface area contributed by atoms with Gasteiger partial charge in [0.1, 0.15) is 5.82 Å². The van der Waals surface area contributed by atoms with Gasteiger partial charge in [-0.3, -0.25) is 4.79 Å². The van der Waals surface area contributed by atoms with Crippen molar-refractivity contribution in [2.75, 3.05) is 0 Å². The van der Waals surface area contributed by atoms with Gasteiger partial charge in [0.25, 0.3) is 0 Å². The quantitative estimate of drug-likeness (QED) is 0.495. The zero-order valence-electron chi connectivity index (χ0n) is 15.8. The first-order chi connectivity index (χ1) is 14.2. The highest BCUT2D eigenvalue weighted by Gasteiger charge is 2.03. The molecule has 144 valence electrons. The summed E-state index contributed by atoms with van der Waals surface area (Å²) in [5, 5.41) is 2.81. The summed E-state index contributed by atoms with van der Waals surface area (Å²) in [6.07, 6.45) is 4.67. The van der Waals surface area contributed by atoms with Crippen LogP contribution in [0.1, 0.15) is 16.7 Å². The molecule has 1 heterocycles. The average Bonchev–Trinajstić information content (AvgIpc) is 3.15. The first-order valence-electron chi connectivity index (χ1n) is 9.37. The molecule has 0 aliphatic carbocycles. The molecule has 0 aliphatic heterocycles. The summed E-state index contributed by atoms with van der Waals surface area (Å²) < 4.78 is 15.7. The van der Waals surface area contributed by atoms with Crippen LogP contribution in [0.5, 0.6) is 0 Å². The van der Waals surface area contributed by atoms with Gasteiger partial charge >= 0.3 is 0 Å². The number of halogens is 1. The molecule has 0 atom stereocenters. The molecule has 0 unspecified atom stereocenters. The highest BCUT2D eigenvalue weighted by molar-refractivity contribution is 5.91. The number of benzene rings is 3. The lowest BCUT2D eigenvalue weighted by atomic mass is 10.1. The van der Waals surface area contributed by atoms with Crippen molar-refractivity contribution >= 4 is 23.0 Å². The Labute approximate surface area is 168 Å². The molecule has 0 saturated carbocycles. The predicted octanol–water partition coefficient (Wildman–Crippen LogP) is 4.55. The van der Waals surface area contributed by atoms with Gasteiger partial charge in [-0.15, -0.1) is 0 Å². The van der Waals surface area contributed by atoms with Crippen LogP contribution in [0.2, 0.25) is 0 Å². The molecule has 4 aromatic rings. The Balaban J connectivity index is 1.33. The van der Waals surface area contributed by atoms with Crippen LogP contribution in [-0.2, 0) is 17.9 Å². The summed E-state index contributed by atoms with van der Waals surface area (Å²) in [6.45, 7) is 1.15. The summed E-state index contributed by atoms with van der Waals surface area (Å²) in [5.41, 5.74) is 4.62. The molecule has 1 aromatic heterocycles. The first kappa shape index (κ1) is 18.6. The molecule has 0 bridgehead atoms. The van der Waals surface area contributed by atoms with Crippen LogP contribution in [0.4, 0.5) is 4.39 Å². The third-order valence-corrected chi connectivity index (χ3v) is 4.69. The van der Waals surface area contributed by atoms with E-state index in [-0.39, 0.29) is 11.7 Å². The van der Waals surface area contributed by atoms with Crippen LogP contribution in [-0.4, -0.2) is 15.5 Å². The van der Waals surface area contributed by atoms with Crippen molar-refractivity contribution in [1.82, 2.24) is 14.9 Å². The van der Waals surface area contributed by atoms with Crippen LogP contribution >= 0.6 is 0 Å². The fourth-order valence-electron chi connectivity index (χ4n) is 3.12. The molecule has 4 nitrogen and oxygen atoms in total. The maximum Gasteiger partial charge on any atom is 0.244 e. The van der Waals surface area contributed by atoms with E-state index in [1.54, 1.807) is 18.2 Å². The summed E-state index contributed by atoms with van der Waals surface area (Å²) >= 11 is 0. The van der Waals surface area contributed by atoms with Crippen LogP contribution in [0.15, 0.2) is 85.2 Å². The van der Waals surface area contributed by atoms with Crippen molar-refractivity contribution in [3.05, 3.63) is 108 Å². The number of para-hydroxylation sites is 2. The van der Waals surface area contributed by atoms with Gasteiger partial charge < -0.3 is 9.88 Å². The highest BCUT2D eigenvalue weighted by Crippen LogP contribution is 2.14. The van der Waals surface area contributed by atoms with Crippen molar-refractivity contribution in [3.63, 3.8) is 0 Å². The van der Waals surface area contributed by atoms with Crippen LogP contribution in [0.3, 0.4) is 0 Å². The maximum absolute atomic E-state index is 13.6. The monoisotopic (exact) mass is 385 g/mol. The first-order valence-corrected chi connectivity index (χ1v) is 9.37. The number of hydrogen-bond donors (Lipinski definition) is 1. The fraction of sp³-hybridized carbons (Fsp3) is 0.0833. The number of nitrogens with one attached hydrogen (secondary N) is 1. The summed E-state index contributed by atoms with van der Waals surface area (Å²) in [7, 11) is 0. The van der Waals surface area contributed by atoms with Gasteiger partial charge in [0.15, 0.2) is 0 Å². The molecule has 1 N–H and O–H groups in total. The lowest BCUT2D eigenvalue weighted by Gasteiger charge is -2.07. The second kappa shape index (κ2) is 8.52. The molecular formula is C24H20FN3O. The predicted molar refractivity (Wildman–Crippen MR) is 113 cm³/mol. The third kappa shape index (κ3) is 4.58. The number of carbonyl (C=O) groups excluding carboxylic acids is 1. The number of aromatic nitrogens is 2. The minimum atomic E-state index is -0.349. The smallest absolute Gasteiger partial charge is 0.244 e. The van der Waals surface area contributed by atoms with E-state index in [1.165, 1.54) is 18.2 Å². The second-order valence-corrected chi connectivity index (χ2v) is 6.75. The molecule has 29 heavy (non-hydrogen) atoms. The second-order valence-electron chi connectivity index (χ2n) is 6.75. The van der Waals surface area contributed by atoms with Gasteiger partial charge in [0.2, 0.25) is 5.91 Å². The van der Waals surface area contributed by atoms with E-state index in [0.717, 1.165) is 28.7 Å². The van der Waals surface area contributed by atoms with Gasteiger partial charge in [-0.1, -0.05) is 54.6 Å². The van der Waals surface area contributed by atoms with E-state index in [9.17, 15) is 9.18 Å². The molecule has 0 fully saturated rings. The number of hydrogen-bond acceptors (Lipinski definition) is 2.